The molecule has 2 heterocycles. The van der Waals surface area contributed by atoms with Gasteiger partial charge in [-0.2, -0.15) is 4.98 Å². The van der Waals surface area contributed by atoms with Crippen LogP contribution in [0.1, 0.15) is 32.6 Å². The molecule has 0 bridgehead atoms. The van der Waals surface area contributed by atoms with Crippen LogP contribution in [0.25, 0.3) is 10.2 Å². The van der Waals surface area contributed by atoms with Gasteiger partial charge >= 0.3 is 0 Å². The third kappa shape index (κ3) is 4.04. The summed E-state index contributed by atoms with van der Waals surface area (Å²) >= 11 is 1.69. The van der Waals surface area contributed by atoms with Gasteiger partial charge < -0.3 is 15.4 Å². The minimum Gasteiger partial charge on any atom is -0.374 e. The molecule has 0 aliphatic heterocycles. The number of hydrogen-bond acceptors (Lipinski definition) is 6. The van der Waals surface area contributed by atoms with Gasteiger partial charge in [0.15, 0.2) is 0 Å². The van der Waals surface area contributed by atoms with Crippen LogP contribution >= 0.6 is 11.3 Å². The van der Waals surface area contributed by atoms with Gasteiger partial charge in [-0.3, -0.25) is 0 Å². The normalized spacial score (nSPS) is 11.9. The fourth-order valence-corrected chi connectivity index (χ4v) is 3.03. The number of aromatic nitrogens is 2. The zero-order valence-electron chi connectivity index (χ0n) is 13.4. The van der Waals surface area contributed by atoms with Crippen molar-refractivity contribution >= 4 is 33.3 Å². The fourth-order valence-electron chi connectivity index (χ4n) is 2.15. The van der Waals surface area contributed by atoms with Crippen LogP contribution in [-0.2, 0) is 4.74 Å². The number of nitrogens with zero attached hydrogens (tertiary/aromatic N) is 2. The second-order valence-electron chi connectivity index (χ2n) is 5.55. The summed E-state index contributed by atoms with van der Waals surface area (Å²) in [6.07, 6.45) is 0. The van der Waals surface area contributed by atoms with E-state index >= 15 is 0 Å². The van der Waals surface area contributed by atoms with Gasteiger partial charge in [-0.25, -0.2) is 4.98 Å². The van der Waals surface area contributed by atoms with Gasteiger partial charge in [-0.1, -0.05) is 0 Å². The van der Waals surface area contributed by atoms with Crippen molar-refractivity contribution in [2.24, 2.45) is 0 Å². The molecule has 0 aromatic carbocycles. The van der Waals surface area contributed by atoms with E-state index in [-0.39, 0.29) is 5.60 Å². The van der Waals surface area contributed by atoms with Crippen LogP contribution in [0.4, 0.5) is 11.8 Å². The lowest BCUT2D eigenvalue weighted by molar-refractivity contribution is 0.000664. The Morgan fingerprint density at radius 1 is 1.24 bits per heavy atom. The highest BCUT2D eigenvalue weighted by molar-refractivity contribution is 7.18. The summed E-state index contributed by atoms with van der Waals surface area (Å²) in [5.41, 5.74) is -0.227. The Kier molecular flexibility index (Phi) is 5.00. The lowest BCUT2D eigenvalue weighted by Gasteiger charge is -2.25. The predicted octanol–water partition coefficient (Wildman–Crippen LogP) is 3.66. The van der Waals surface area contributed by atoms with Crippen LogP contribution < -0.4 is 10.6 Å². The van der Waals surface area contributed by atoms with E-state index in [0.29, 0.717) is 19.1 Å². The van der Waals surface area contributed by atoms with Crippen molar-refractivity contribution in [3.63, 3.8) is 0 Å². The molecule has 0 spiro atoms. The summed E-state index contributed by atoms with van der Waals surface area (Å²) in [6, 6.07) is 2.13. The lowest BCUT2D eigenvalue weighted by atomic mass is 10.1. The van der Waals surface area contributed by atoms with Crippen molar-refractivity contribution in [2.45, 2.75) is 40.2 Å². The molecule has 2 aromatic heterocycles. The standard InChI is InChI=1S/C15H24N4OS/c1-6-16-14-18-12(17-9-15(4,5)20-7-2)11-8-10(3)21-13(11)19-14/h8H,6-7,9H2,1-5H3,(H2,16,17,18,19). The number of hydrogen-bond donors (Lipinski definition) is 2. The Morgan fingerprint density at radius 3 is 2.67 bits per heavy atom. The van der Waals surface area contributed by atoms with Crippen LogP contribution in [0, 0.1) is 6.92 Å². The minimum absolute atomic E-state index is 0.227. The van der Waals surface area contributed by atoms with Gasteiger partial charge in [-0.05, 0) is 40.7 Å². The molecule has 0 atom stereocenters. The van der Waals surface area contributed by atoms with E-state index < -0.39 is 0 Å². The van der Waals surface area contributed by atoms with Crippen LogP contribution in [-0.4, -0.2) is 35.3 Å². The molecular weight excluding hydrogens is 284 g/mol. The maximum Gasteiger partial charge on any atom is 0.226 e. The molecule has 0 radical (unpaired) electrons. The van der Waals surface area contributed by atoms with Crippen LogP contribution in [0.5, 0.6) is 0 Å². The molecule has 2 rings (SSSR count). The van der Waals surface area contributed by atoms with E-state index in [1.807, 2.05) is 13.8 Å². The topological polar surface area (TPSA) is 59.1 Å². The molecule has 0 aliphatic rings. The zero-order valence-corrected chi connectivity index (χ0v) is 14.2. The maximum absolute atomic E-state index is 5.73. The largest absolute Gasteiger partial charge is 0.374 e. The van der Waals surface area contributed by atoms with Gasteiger partial charge in [0.2, 0.25) is 5.95 Å². The fraction of sp³-hybridized carbons (Fsp3) is 0.600. The summed E-state index contributed by atoms with van der Waals surface area (Å²) < 4.78 is 5.73. The van der Waals surface area contributed by atoms with Crippen molar-refractivity contribution in [3.8, 4) is 0 Å². The number of aryl methyl sites for hydroxylation is 1. The van der Waals surface area contributed by atoms with Crippen molar-refractivity contribution in [3.05, 3.63) is 10.9 Å². The number of thiophene rings is 1. The van der Waals surface area contributed by atoms with Crippen molar-refractivity contribution in [2.75, 3.05) is 30.3 Å². The Morgan fingerprint density at radius 2 is 2.00 bits per heavy atom. The molecule has 0 aliphatic carbocycles. The molecule has 0 saturated heterocycles. The van der Waals surface area contributed by atoms with Crippen molar-refractivity contribution < 1.29 is 4.74 Å². The average Bonchev–Trinajstić information content (AvgIpc) is 2.77. The molecule has 0 unspecified atom stereocenters. The first-order valence-corrected chi connectivity index (χ1v) is 8.16. The molecule has 2 aromatic rings. The molecule has 0 saturated carbocycles. The van der Waals surface area contributed by atoms with Crippen LogP contribution in [0.2, 0.25) is 0 Å². The van der Waals surface area contributed by atoms with Crippen molar-refractivity contribution in [1.29, 1.82) is 0 Å². The van der Waals surface area contributed by atoms with E-state index in [1.54, 1.807) is 11.3 Å². The van der Waals surface area contributed by atoms with E-state index in [1.165, 1.54) is 4.88 Å². The molecule has 21 heavy (non-hydrogen) atoms. The quantitative estimate of drug-likeness (QED) is 0.817. The first-order valence-electron chi connectivity index (χ1n) is 7.35. The van der Waals surface area contributed by atoms with Crippen LogP contribution in [0.15, 0.2) is 6.07 Å². The third-order valence-corrected chi connectivity index (χ3v) is 4.01. The van der Waals surface area contributed by atoms with Gasteiger partial charge in [0.05, 0.1) is 11.0 Å². The Hall–Kier alpha value is -1.40. The Balaban J connectivity index is 2.28. The van der Waals surface area contributed by atoms with Gasteiger partial charge in [0.1, 0.15) is 10.6 Å². The first-order chi connectivity index (χ1) is 9.95. The third-order valence-electron chi connectivity index (χ3n) is 3.07. The smallest absolute Gasteiger partial charge is 0.226 e. The monoisotopic (exact) mass is 308 g/mol. The first kappa shape index (κ1) is 16.0. The average molecular weight is 308 g/mol. The summed E-state index contributed by atoms with van der Waals surface area (Å²) in [5, 5.41) is 7.68. The Labute approximate surface area is 130 Å². The molecule has 116 valence electrons. The SMILES string of the molecule is CCNc1nc(NCC(C)(C)OCC)c2cc(C)sc2n1. The second-order valence-corrected chi connectivity index (χ2v) is 6.78. The highest BCUT2D eigenvalue weighted by Gasteiger charge is 2.19. The molecule has 6 heteroatoms. The number of fused-ring (bicyclic) bond motifs is 1. The van der Waals surface area contributed by atoms with Crippen LogP contribution in [0.3, 0.4) is 0 Å². The summed E-state index contributed by atoms with van der Waals surface area (Å²) in [6.45, 7) is 12.5. The summed E-state index contributed by atoms with van der Waals surface area (Å²) in [5.74, 6) is 1.54. The molecule has 0 amide bonds. The number of ether oxygens (including phenoxy) is 1. The molecule has 5 nitrogen and oxygen atoms in total. The predicted molar refractivity (Wildman–Crippen MR) is 90.5 cm³/mol. The molecule has 0 fully saturated rings. The van der Waals surface area contributed by atoms with E-state index in [0.717, 1.165) is 22.6 Å². The zero-order chi connectivity index (χ0) is 15.5. The number of rotatable bonds is 7. The van der Waals surface area contributed by atoms with Gasteiger partial charge in [0, 0.05) is 24.6 Å². The Bertz CT molecular complexity index is 609. The van der Waals surface area contributed by atoms with Crippen molar-refractivity contribution in [1.82, 2.24) is 9.97 Å². The van der Waals surface area contributed by atoms with E-state index in [2.05, 4.69) is 47.4 Å². The number of nitrogens with one attached hydrogen (secondary N) is 2. The van der Waals surface area contributed by atoms with Gasteiger partial charge in [0.25, 0.3) is 0 Å². The summed E-state index contributed by atoms with van der Waals surface area (Å²) in [7, 11) is 0. The highest BCUT2D eigenvalue weighted by atomic mass is 32.1. The van der Waals surface area contributed by atoms with Gasteiger partial charge in [-0.15, -0.1) is 11.3 Å². The molecule has 2 N–H and O–H groups in total. The summed E-state index contributed by atoms with van der Waals surface area (Å²) in [4.78, 5) is 11.4. The molecular formula is C15H24N4OS. The van der Waals surface area contributed by atoms with E-state index in [9.17, 15) is 0 Å². The maximum atomic E-state index is 5.73. The lowest BCUT2D eigenvalue weighted by Crippen LogP contribution is -2.33. The minimum atomic E-state index is -0.227. The van der Waals surface area contributed by atoms with E-state index in [4.69, 9.17) is 4.74 Å². The highest BCUT2D eigenvalue weighted by Crippen LogP contribution is 2.30. The number of anilines is 2. The second kappa shape index (κ2) is 6.58.